The van der Waals surface area contributed by atoms with E-state index in [0.29, 0.717) is 28.0 Å². The van der Waals surface area contributed by atoms with Crippen molar-refractivity contribution in [1.82, 2.24) is 9.55 Å². The molecule has 8 nitrogen and oxygen atoms in total. The first-order valence-corrected chi connectivity index (χ1v) is 11.7. The lowest BCUT2D eigenvalue weighted by atomic mass is 10.1. The molecule has 170 valence electrons. The molecule has 2 N–H and O–H groups in total. The fourth-order valence-electron chi connectivity index (χ4n) is 3.72. The van der Waals surface area contributed by atoms with Crippen molar-refractivity contribution in [2.75, 3.05) is 17.1 Å². The zero-order valence-corrected chi connectivity index (χ0v) is 19.5. The summed E-state index contributed by atoms with van der Waals surface area (Å²) in [6.07, 6.45) is 3.35. The van der Waals surface area contributed by atoms with Gasteiger partial charge in [0.2, 0.25) is 0 Å². The molecule has 4 aromatic rings. The highest BCUT2D eigenvalue weighted by Crippen LogP contribution is 2.31. The number of hydrogen-bond donors (Lipinski definition) is 2. The molecule has 0 fully saturated rings. The molecule has 4 rings (SSSR count). The van der Waals surface area contributed by atoms with Gasteiger partial charge in [-0.1, -0.05) is 18.2 Å². The van der Waals surface area contributed by atoms with E-state index in [4.69, 9.17) is 4.74 Å². The van der Waals surface area contributed by atoms with Crippen LogP contribution in [0.3, 0.4) is 0 Å². The van der Waals surface area contributed by atoms with Crippen LogP contribution in [0.25, 0.3) is 11.0 Å². The fraction of sp³-hybridized carbons (Fsp3) is 0.167. The lowest BCUT2D eigenvalue weighted by Gasteiger charge is -2.16. The summed E-state index contributed by atoms with van der Waals surface area (Å²) in [6.45, 7) is 3.66. The summed E-state index contributed by atoms with van der Waals surface area (Å²) in [4.78, 5) is 17.2. The third-order valence-electron chi connectivity index (χ3n) is 5.41. The normalized spacial score (nSPS) is 11.4. The van der Waals surface area contributed by atoms with E-state index in [2.05, 4.69) is 15.0 Å². The lowest BCUT2D eigenvalue weighted by molar-refractivity contribution is 0.102. The van der Waals surface area contributed by atoms with Crippen molar-refractivity contribution >= 4 is 38.3 Å². The van der Waals surface area contributed by atoms with Crippen molar-refractivity contribution in [3.8, 4) is 5.75 Å². The summed E-state index contributed by atoms with van der Waals surface area (Å²) in [7, 11) is -0.789. The standard InChI is InChI=1S/C24H24N4O4S/c1-15-7-5-8-16(2)22(15)27-33(30,31)21-13-17(10-11-20(21)32-4)26-24(29)19-14-28(3)23-18(19)9-6-12-25-23/h5-14,27H,1-4H3,(H,26,29). The van der Waals surface area contributed by atoms with E-state index in [1.54, 1.807) is 29.1 Å². The van der Waals surface area contributed by atoms with Crippen molar-refractivity contribution < 1.29 is 17.9 Å². The Morgan fingerprint density at radius 1 is 1.06 bits per heavy atom. The number of rotatable bonds is 6. The number of sulfonamides is 1. The maximum absolute atomic E-state index is 13.3. The van der Waals surface area contributed by atoms with Crippen LogP contribution < -0.4 is 14.8 Å². The van der Waals surface area contributed by atoms with Crippen LogP contribution in [-0.2, 0) is 17.1 Å². The number of aryl methyl sites for hydroxylation is 3. The minimum atomic E-state index is -3.99. The third kappa shape index (κ3) is 4.27. The predicted molar refractivity (Wildman–Crippen MR) is 128 cm³/mol. The number of para-hydroxylation sites is 1. The van der Waals surface area contributed by atoms with Gasteiger partial charge >= 0.3 is 0 Å². The second kappa shape index (κ2) is 8.59. The van der Waals surface area contributed by atoms with Gasteiger partial charge in [-0.3, -0.25) is 9.52 Å². The van der Waals surface area contributed by atoms with Crippen LogP contribution in [0, 0.1) is 13.8 Å². The van der Waals surface area contributed by atoms with Crippen molar-refractivity contribution in [2.45, 2.75) is 18.7 Å². The highest BCUT2D eigenvalue weighted by molar-refractivity contribution is 7.92. The summed E-state index contributed by atoms with van der Waals surface area (Å²) >= 11 is 0. The Labute approximate surface area is 192 Å². The molecule has 0 radical (unpaired) electrons. The summed E-state index contributed by atoms with van der Waals surface area (Å²) < 4.78 is 36.2. The number of pyridine rings is 1. The van der Waals surface area contributed by atoms with Gasteiger partial charge in [0, 0.05) is 30.5 Å². The van der Waals surface area contributed by atoms with E-state index >= 15 is 0 Å². The molecule has 0 saturated carbocycles. The number of amides is 1. The van der Waals surface area contributed by atoms with Gasteiger partial charge in [-0.05, 0) is 55.3 Å². The fourth-order valence-corrected chi connectivity index (χ4v) is 5.12. The second-order valence-corrected chi connectivity index (χ2v) is 9.37. The molecule has 2 aromatic carbocycles. The maximum atomic E-state index is 13.3. The zero-order valence-electron chi connectivity index (χ0n) is 18.7. The molecule has 33 heavy (non-hydrogen) atoms. The topological polar surface area (TPSA) is 102 Å². The van der Waals surface area contributed by atoms with E-state index < -0.39 is 10.0 Å². The number of carbonyl (C=O) groups is 1. The molecule has 0 bridgehead atoms. The number of anilines is 2. The van der Waals surface area contributed by atoms with E-state index in [1.165, 1.54) is 19.2 Å². The van der Waals surface area contributed by atoms with Gasteiger partial charge < -0.3 is 14.6 Å². The highest BCUT2D eigenvalue weighted by atomic mass is 32.2. The molecule has 0 aliphatic heterocycles. The van der Waals surface area contributed by atoms with Crippen LogP contribution in [0.5, 0.6) is 5.75 Å². The van der Waals surface area contributed by atoms with Gasteiger partial charge in [-0.15, -0.1) is 0 Å². The van der Waals surface area contributed by atoms with Gasteiger partial charge in [-0.25, -0.2) is 13.4 Å². The number of fused-ring (bicyclic) bond motifs is 1. The predicted octanol–water partition coefficient (Wildman–Crippen LogP) is 4.25. The van der Waals surface area contributed by atoms with Crippen molar-refractivity contribution in [1.29, 1.82) is 0 Å². The first kappa shape index (κ1) is 22.3. The van der Waals surface area contributed by atoms with E-state index in [-0.39, 0.29) is 16.6 Å². The van der Waals surface area contributed by atoms with Gasteiger partial charge in [0.05, 0.1) is 18.4 Å². The molecule has 9 heteroatoms. The van der Waals surface area contributed by atoms with Gasteiger partial charge in [0.25, 0.3) is 15.9 Å². The average Bonchev–Trinajstić information content (AvgIpc) is 3.13. The molecule has 0 saturated heterocycles. The third-order valence-corrected chi connectivity index (χ3v) is 6.78. The number of methoxy groups -OCH3 is 1. The Morgan fingerprint density at radius 2 is 1.79 bits per heavy atom. The SMILES string of the molecule is COc1ccc(NC(=O)c2cn(C)c3ncccc23)cc1S(=O)(=O)Nc1c(C)cccc1C. The molecular weight excluding hydrogens is 440 g/mol. The van der Waals surface area contributed by atoms with Crippen LogP contribution in [0.4, 0.5) is 11.4 Å². The number of ether oxygens (including phenoxy) is 1. The van der Waals surface area contributed by atoms with Gasteiger partial charge in [0.1, 0.15) is 16.3 Å². The van der Waals surface area contributed by atoms with E-state index in [9.17, 15) is 13.2 Å². The summed E-state index contributed by atoms with van der Waals surface area (Å²) in [5, 5.41) is 3.49. The Morgan fingerprint density at radius 3 is 2.48 bits per heavy atom. The molecule has 1 amide bonds. The summed E-state index contributed by atoms with van der Waals surface area (Å²) in [6, 6.07) is 13.6. The zero-order chi connectivity index (χ0) is 23.8. The van der Waals surface area contributed by atoms with Gasteiger partial charge in [0.15, 0.2) is 0 Å². The largest absolute Gasteiger partial charge is 0.495 e. The van der Waals surface area contributed by atoms with Crippen LogP contribution in [0.2, 0.25) is 0 Å². The summed E-state index contributed by atoms with van der Waals surface area (Å²) in [5.41, 5.74) is 3.55. The van der Waals surface area contributed by atoms with Gasteiger partial charge in [-0.2, -0.15) is 0 Å². The van der Waals surface area contributed by atoms with Crippen LogP contribution >= 0.6 is 0 Å². The van der Waals surface area contributed by atoms with Crippen LogP contribution in [0.1, 0.15) is 21.5 Å². The number of aromatic nitrogens is 2. The minimum absolute atomic E-state index is 0.0787. The van der Waals surface area contributed by atoms with Crippen molar-refractivity contribution in [2.24, 2.45) is 7.05 Å². The maximum Gasteiger partial charge on any atom is 0.265 e. The quantitative estimate of drug-likeness (QED) is 0.444. The van der Waals surface area contributed by atoms with Crippen LogP contribution in [0.15, 0.2) is 65.8 Å². The molecule has 2 heterocycles. The summed E-state index contributed by atoms with van der Waals surface area (Å²) in [5.74, 6) is -0.203. The number of nitrogens with one attached hydrogen (secondary N) is 2. The first-order chi connectivity index (χ1) is 15.7. The average molecular weight is 465 g/mol. The Balaban J connectivity index is 1.69. The number of benzene rings is 2. The highest BCUT2D eigenvalue weighted by Gasteiger charge is 2.23. The smallest absolute Gasteiger partial charge is 0.265 e. The molecular formula is C24H24N4O4S. The molecule has 0 spiro atoms. The molecule has 0 unspecified atom stereocenters. The minimum Gasteiger partial charge on any atom is -0.495 e. The monoisotopic (exact) mass is 464 g/mol. The Bertz CT molecular complexity index is 1460. The number of nitrogens with zero attached hydrogens (tertiary/aromatic N) is 2. The molecule has 0 aliphatic rings. The van der Waals surface area contributed by atoms with Crippen LogP contribution in [-0.4, -0.2) is 31.0 Å². The molecule has 0 aliphatic carbocycles. The second-order valence-electron chi connectivity index (χ2n) is 7.72. The Hall–Kier alpha value is -3.85. The molecule has 0 atom stereocenters. The molecule has 2 aromatic heterocycles. The van der Waals surface area contributed by atoms with E-state index in [0.717, 1.165) is 11.1 Å². The van der Waals surface area contributed by atoms with Crippen molar-refractivity contribution in [3.63, 3.8) is 0 Å². The van der Waals surface area contributed by atoms with E-state index in [1.807, 2.05) is 45.2 Å². The number of hydrogen-bond acceptors (Lipinski definition) is 5. The lowest BCUT2D eigenvalue weighted by Crippen LogP contribution is -2.17. The number of carbonyl (C=O) groups excluding carboxylic acids is 1. The van der Waals surface area contributed by atoms with Crippen molar-refractivity contribution in [3.05, 3.63) is 77.6 Å². The Kier molecular flexibility index (Phi) is 5.82. The first-order valence-electron chi connectivity index (χ1n) is 10.2.